The van der Waals surface area contributed by atoms with E-state index in [0.29, 0.717) is 58.7 Å². The van der Waals surface area contributed by atoms with Gasteiger partial charge in [0.2, 0.25) is 5.91 Å². The first-order chi connectivity index (χ1) is 13.8. The molecule has 0 radical (unpaired) electrons. The van der Waals surface area contributed by atoms with Crippen LogP contribution in [0.5, 0.6) is 0 Å². The van der Waals surface area contributed by atoms with Crippen LogP contribution in [0.2, 0.25) is 0 Å². The van der Waals surface area contributed by atoms with E-state index < -0.39 is 17.6 Å². The standard InChI is InChI=1S/C20H26F3N3O3/c1-29-14-13-26-10-7-17(19(26)28)24-8-4-9-25(12-11-24)18(27)15-5-2-3-6-16(15)20(21,22)23/h2-3,5-6,17H,4,7-14H2,1H3. The predicted octanol–water partition coefficient (Wildman–Crippen LogP) is 2.10. The van der Waals surface area contributed by atoms with Crippen molar-refractivity contribution in [2.75, 3.05) is 53.0 Å². The van der Waals surface area contributed by atoms with Crippen LogP contribution in [0.25, 0.3) is 0 Å². The fourth-order valence-electron chi connectivity index (χ4n) is 4.02. The molecule has 2 amide bonds. The third-order valence-electron chi connectivity index (χ3n) is 5.56. The van der Waals surface area contributed by atoms with E-state index in [0.717, 1.165) is 6.07 Å². The number of likely N-dealkylation sites (tertiary alicyclic amines) is 1. The Kier molecular flexibility index (Phi) is 6.79. The number of ether oxygens (including phenoxy) is 1. The average molecular weight is 413 g/mol. The number of alkyl halides is 3. The third kappa shape index (κ3) is 4.90. The molecule has 2 saturated heterocycles. The third-order valence-corrected chi connectivity index (χ3v) is 5.56. The van der Waals surface area contributed by atoms with Gasteiger partial charge in [-0.05, 0) is 25.0 Å². The minimum atomic E-state index is -4.58. The Balaban J connectivity index is 1.65. The second-order valence-electron chi connectivity index (χ2n) is 7.35. The number of carbonyl (C=O) groups excluding carboxylic acids is 2. The molecule has 0 spiro atoms. The number of halogens is 3. The van der Waals surface area contributed by atoms with E-state index in [1.54, 1.807) is 12.0 Å². The zero-order valence-electron chi connectivity index (χ0n) is 16.5. The molecule has 29 heavy (non-hydrogen) atoms. The van der Waals surface area contributed by atoms with E-state index in [4.69, 9.17) is 4.74 Å². The van der Waals surface area contributed by atoms with Gasteiger partial charge in [0.15, 0.2) is 0 Å². The van der Waals surface area contributed by atoms with Gasteiger partial charge in [0, 0.05) is 46.4 Å². The second kappa shape index (κ2) is 9.13. The molecule has 0 N–H and O–H groups in total. The zero-order chi connectivity index (χ0) is 21.0. The van der Waals surface area contributed by atoms with Crippen LogP contribution in [0.3, 0.4) is 0 Å². The molecule has 1 aromatic carbocycles. The summed E-state index contributed by atoms with van der Waals surface area (Å²) in [5.74, 6) is -0.552. The van der Waals surface area contributed by atoms with Crippen LogP contribution in [0.4, 0.5) is 13.2 Å². The lowest BCUT2D eigenvalue weighted by molar-refractivity contribution is -0.138. The van der Waals surface area contributed by atoms with E-state index in [1.165, 1.54) is 23.1 Å². The Morgan fingerprint density at radius 2 is 1.90 bits per heavy atom. The number of carbonyl (C=O) groups is 2. The summed E-state index contributed by atoms with van der Waals surface area (Å²) < 4.78 is 44.8. The van der Waals surface area contributed by atoms with Crippen molar-refractivity contribution in [1.82, 2.24) is 14.7 Å². The molecule has 9 heteroatoms. The van der Waals surface area contributed by atoms with Crippen molar-refractivity contribution in [3.63, 3.8) is 0 Å². The van der Waals surface area contributed by atoms with Crippen LogP contribution in [0, 0.1) is 0 Å². The molecule has 2 aliphatic rings. The zero-order valence-corrected chi connectivity index (χ0v) is 16.5. The number of hydrogen-bond acceptors (Lipinski definition) is 4. The first-order valence-corrected chi connectivity index (χ1v) is 9.80. The maximum absolute atomic E-state index is 13.3. The van der Waals surface area contributed by atoms with Crippen LogP contribution >= 0.6 is 0 Å². The van der Waals surface area contributed by atoms with E-state index >= 15 is 0 Å². The van der Waals surface area contributed by atoms with Crippen LogP contribution < -0.4 is 0 Å². The van der Waals surface area contributed by atoms with Crippen LogP contribution in [-0.2, 0) is 15.7 Å². The molecule has 0 bridgehead atoms. The Hall–Kier alpha value is -2.13. The molecule has 0 saturated carbocycles. The van der Waals surface area contributed by atoms with E-state index in [1.807, 2.05) is 0 Å². The van der Waals surface area contributed by atoms with Gasteiger partial charge in [0.05, 0.1) is 23.8 Å². The summed E-state index contributed by atoms with van der Waals surface area (Å²) in [6, 6.07) is 4.65. The van der Waals surface area contributed by atoms with E-state index in [2.05, 4.69) is 4.90 Å². The summed E-state index contributed by atoms with van der Waals surface area (Å²) in [5, 5.41) is 0. The van der Waals surface area contributed by atoms with Crippen molar-refractivity contribution in [1.29, 1.82) is 0 Å². The van der Waals surface area contributed by atoms with Gasteiger partial charge in [0.25, 0.3) is 5.91 Å². The van der Waals surface area contributed by atoms with Crippen LogP contribution in [-0.4, -0.2) is 85.5 Å². The van der Waals surface area contributed by atoms with Crippen LogP contribution in [0.15, 0.2) is 24.3 Å². The highest BCUT2D eigenvalue weighted by Crippen LogP contribution is 2.32. The van der Waals surface area contributed by atoms with Crippen molar-refractivity contribution in [3.8, 4) is 0 Å². The lowest BCUT2D eigenvalue weighted by Gasteiger charge is -2.27. The lowest BCUT2D eigenvalue weighted by atomic mass is 10.1. The quantitative estimate of drug-likeness (QED) is 0.742. The number of benzene rings is 1. The maximum Gasteiger partial charge on any atom is 0.417 e. The minimum absolute atomic E-state index is 0.0595. The fourth-order valence-corrected chi connectivity index (χ4v) is 4.02. The molecule has 2 heterocycles. The molecular formula is C20H26F3N3O3. The Morgan fingerprint density at radius 1 is 1.14 bits per heavy atom. The molecule has 2 aliphatic heterocycles. The number of nitrogens with zero attached hydrogens (tertiary/aromatic N) is 3. The molecule has 1 atom stereocenters. The summed E-state index contributed by atoms with van der Waals surface area (Å²) in [7, 11) is 1.59. The van der Waals surface area contributed by atoms with Gasteiger partial charge in [0.1, 0.15) is 0 Å². The highest BCUT2D eigenvalue weighted by molar-refractivity contribution is 5.96. The SMILES string of the molecule is COCCN1CCC(N2CCCN(C(=O)c3ccccc3C(F)(F)F)CC2)C1=O. The molecule has 2 fully saturated rings. The van der Waals surface area contributed by atoms with Gasteiger partial charge < -0.3 is 14.5 Å². The average Bonchev–Trinajstić information content (AvgIpc) is 2.90. The normalized spacial score (nSPS) is 21.5. The molecular weight excluding hydrogens is 387 g/mol. The maximum atomic E-state index is 13.3. The van der Waals surface area contributed by atoms with Gasteiger partial charge in [-0.1, -0.05) is 12.1 Å². The molecule has 160 valence electrons. The first kappa shape index (κ1) is 21.6. The summed E-state index contributed by atoms with van der Waals surface area (Å²) in [5.41, 5.74) is -1.23. The topological polar surface area (TPSA) is 53.1 Å². The summed E-state index contributed by atoms with van der Waals surface area (Å²) >= 11 is 0. The number of hydrogen-bond donors (Lipinski definition) is 0. The lowest BCUT2D eigenvalue weighted by Crippen LogP contribution is -2.44. The molecule has 3 rings (SSSR count). The number of amides is 2. The minimum Gasteiger partial charge on any atom is -0.383 e. The van der Waals surface area contributed by atoms with E-state index in [-0.39, 0.29) is 17.5 Å². The number of methoxy groups -OCH3 is 1. The van der Waals surface area contributed by atoms with Gasteiger partial charge in [-0.25, -0.2) is 0 Å². The fraction of sp³-hybridized carbons (Fsp3) is 0.600. The number of rotatable bonds is 5. The largest absolute Gasteiger partial charge is 0.417 e. The molecule has 6 nitrogen and oxygen atoms in total. The van der Waals surface area contributed by atoms with Crippen molar-refractivity contribution in [2.45, 2.75) is 25.1 Å². The Bertz CT molecular complexity index is 741. The van der Waals surface area contributed by atoms with Crippen LogP contribution in [0.1, 0.15) is 28.8 Å². The molecule has 1 aromatic rings. The highest BCUT2D eigenvalue weighted by Gasteiger charge is 2.38. The molecule has 1 unspecified atom stereocenters. The van der Waals surface area contributed by atoms with Gasteiger partial charge >= 0.3 is 6.18 Å². The molecule has 0 aromatic heterocycles. The monoisotopic (exact) mass is 413 g/mol. The van der Waals surface area contributed by atoms with Gasteiger partial charge in [-0.3, -0.25) is 14.5 Å². The Labute approximate surface area is 168 Å². The van der Waals surface area contributed by atoms with E-state index in [9.17, 15) is 22.8 Å². The summed E-state index contributed by atoms with van der Waals surface area (Å²) in [6.07, 6.45) is -3.25. The summed E-state index contributed by atoms with van der Waals surface area (Å²) in [4.78, 5) is 30.7. The van der Waals surface area contributed by atoms with Gasteiger partial charge in [-0.15, -0.1) is 0 Å². The van der Waals surface area contributed by atoms with Crippen molar-refractivity contribution in [3.05, 3.63) is 35.4 Å². The Morgan fingerprint density at radius 3 is 2.62 bits per heavy atom. The van der Waals surface area contributed by atoms with Crippen molar-refractivity contribution in [2.24, 2.45) is 0 Å². The second-order valence-corrected chi connectivity index (χ2v) is 7.35. The van der Waals surface area contributed by atoms with Crippen molar-refractivity contribution < 1.29 is 27.5 Å². The van der Waals surface area contributed by atoms with Crippen molar-refractivity contribution >= 4 is 11.8 Å². The first-order valence-electron chi connectivity index (χ1n) is 9.80. The molecule has 0 aliphatic carbocycles. The smallest absolute Gasteiger partial charge is 0.383 e. The van der Waals surface area contributed by atoms with Gasteiger partial charge in [-0.2, -0.15) is 13.2 Å². The predicted molar refractivity (Wildman–Crippen MR) is 100 cm³/mol. The summed E-state index contributed by atoms with van der Waals surface area (Å²) in [6.45, 7) is 3.49. The highest BCUT2D eigenvalue weighted by atomic mass is 19.4.